The van der Waals surface area contributed by atoms with E-state index in [1.54, 1.807) is 30.3 Å². The summed E-state index contributed by atoms with van der Waals surface area (Å²) in [7, 11) is -3.51. The number of sulfonamides is 1. The van der Waals surface area contributed by atoms with Crippen LogP contribution in [-0.2, 0) is 10.0 Å². The van der Waals surface area contributed by atoms with Gasteiger partial charge in [0.05, 0.1) is 4.90 Å². The Kier molecular flexibility index (Phi) is 3.47. The van der Waals surface area contributed by atoms with Crippen LogP contribution in [-0.4, -0.2) is 14.1 Å². The van der Waals surface area contributed by atoms with Gasteiger partial charge in [-0.3, -0.25) is 0 Å². The molecule has 1 unspecified atom stereocenters. The van der Waals surface area contributed by atoms with Gasteiger partial charge in [0.2, 0.25) is 0 Å². The number of hydrazone groups is 1. The minimum Gasteiger partial charge on any atom is -0.200 e. The summed E-state index contributed by atoms with van der Waals surface area (Å²) in [6.07, 6.45) is 3.07. The lowest BCUT2D eigenvalue weighted by atomic mass is 10.1. The molecule has 5 heteroatoms. The van der Waals surface area contributed by atoms with E-state index in [0.29, 0.717) is 5.92 Å². The molecule has 2 rings (SSSR count). The van der Waals surface area contributed by atoms with E-state index in [-0.39, 0.29) is 4.90 Å². The molecule has 1 aromatic carbocycles. The third-order valence-corrected chi connectivity index (χ3v) is 4.23. The number of nitrogens with zero attached hydrogens (tertiary/aromatic N) is 1. The second-order valence-corrected chi connectivity index (χ2v) is 5.97. The largest absolute Gasteiger partial charge is 0.276 e. The Bertz CT molecular complexity index is 509. The Hall–Kier alpha value is -1.36. The number of hydrogen-bond donors (Lipinski definition) is 1. The summed E-state index contributed by atoms with van der Waals surface area (Å²) in [6.45, 7) is 2.07. The summed E-state index contributed by atoms with van der Waals surface area (Å²) in [5.41, 5.74) is 0.949. The van der Waals surface area contributed by atoms with Crippen LogP contribution in [0.2, 0.25) is 0 Å². The van der Waals surface area contributed by atoms with Gasteiger partial charge in [0, 0.05) is 5.71 Å². The van der Waals surface area contributed by atoms with Crippen molar-refractivity contribution < 1.29 is 8.42 Å². The molecule has 1 aromatic rings. The molecule has 1 atom stereocenters. The standard InChI is InChI=1S/C12H16N2O2S/c1-10-6-5-9-12(10)13-14-17(15,16)11-7-3-2-4-8-11/h2-4,7-8,10,14H,5-6,9H2,1H3/b13-12+. The van der Waals surface area contributed by atoms with Gasteiger partial charge in [-0.1, -0.05) is 25.1 Å². The molecule has 1 N–H and O–H groups in total. The summed E-state index contributed by atoms with van der Waals surface area (Å²) < 4.78 is 23.8. The highest BCUT2D eigenvalue weighted by Crippen LogP contribution is 2.21. The second-order valence-electron chi connectivity index (χ2n) is 4.30. The molecule has 1 aliphatic carbocycles. The summed E-state index contributed by atoms with van der Waals surface area (Å²) in [5, 5.41) is 4.03. The first-order valence-corrected chi connectivity index (χ1v) is 7.21. The Balaban J connectivity index is 2.14. The van der Waals surface area contributed by atoms with Crippen LogP contribution in [0, 0.1) is 5.92 Å². The molecular weight excluding hydrogens is 236 g/mol. The molecule has 0 heterocycles. The quantitative estimate of drug-likeness (QED) is 0.838. The second kappa shape index (κ2) is 4.87. The van der Waals surface area contributed by atoms with Gasteiger partial charge >= 0.3 is 0 Å². The Labute approximate surface area is 102 Å². The number of benzene rings is 1. The molecule has 0 aromatic heterocycles. The predicted molar refractivity (Wildman–Crippen MR) is 67.2 cm³/mol. The maximum absolute atomic E-state index is 11.9. The van der Waals surface area contributed by atoms with E-state index in [2.05, 4.69) is 16.9 Å². The lowest BCUT2D eigenvalue weighted by Gasteiger charge is -2.06. The maximum atomic E-state index is 11.9. The van der Waals surface area contributed by atoms with Crippen LogP contribution in [0.25, 0.3) is 0 Å². The van der Waals surface area contributed by atoms with Crippen molar-refractivity contribution in [2.45, 2.75) is 31.1 Å². The monoisotopic (exact) mass is 252 g/mol. The fourth-order valence-electron chi connectivity index (χ4n) is 1.94. The minimum atomic E-state index is -3.51. The van der Waals surface area contributed by atoms with Gasteiger partial charge in [-0.25, -0.2) is 4.83 Å². The van der Waals surface area contributed by atoms with Crippen LogP contribution >= 0.6 is 0 Å². The summed E-state index contributed by atoms with van der Waals surface area (Å²) in [5.74, 6) is 0.383. The number of hydrogen-bond acceptors (Lipinski definition) is 3. The zero-order valence-corrected chi connectivity index (χ0v) is 10.6. The van der Waals surface area contributed by atoms with Crippen LogP contribution in [0.5, 0.6) is 0 Å². The average molecular weight is 252 g/mol. The van der Waals surface area contributed by atoms with Crippen molar-refractivity contribution in [1.82, 2.24) is 4.83 Å². The Morgan fingerprint density at radius 3 is 2.59 bits per heavy atom. The highest BCUT2D eigenvalue weighted by atomic mass is 32.2. The molecule has 92 valence electrons. The Morgan fingerprint density at radius 2 is 2.00 bits per heavy atom. The van der Waals surface area contributed by atoms with Crippen LogP contribution in [0.1, 0.15) is 26.2 Å². The highest BCUT2D eigenvalue weighted by Gasteiger charge is 2.19. The first kappa shape index (κ1) is 12.1. The molecule has 0 spiro atoms. The molecule has 1 fully saturated rings. The van der Waals surface area contributed by atoms with E-state index < -0.39 is 10.0 Å². The zero-order chi connectivity index (χ0) is 12.3. The smallest absolute Gasteiger partial charge is 0.200 e. The van der Waals surface area contributed by atoms with E-state index >= 15 is 0 Å². The third-order valence-electron chi connectivity index (χ3n) is 3.00. The third kappa shape index (κ3) is 2.85. The average Bonchev–Trinajstić information content (AvgIpc) is 2.74. The molecule has 0 radical (unpaired) electrons. The van der Waals surface area contributed by atoms with Gasteiger partial charge in [0.25, 0.3) is 10.0 Å². The minimum absolute atomic E-state index is 0.245. The molecule has 0 aliphatic heterocycles. The maximum Gasteiger partial charge on any atom is 0.276 e. The molecular formula is C12H16N2O2S. The molecule has 17 heavy (non-hydrogen) atoms. The number of rotatable bonds is 3. The fourth-order valence-corrected chi connectivity index (χ4v) is 2.80. The first-order chi connectivity index (χ1) is 8.09. The van der Waals surface area contributed by atoms with Crippen molar-refractivity contribution >= 4 is 15.7 Å². The van der Waals surface area contributed by atoms with Gasteiger partial charge in [-0.15, -0.1) is 0 Å². The molecule has 0 saturated heterocycles. The van der Waals surface area contributed by atoms with Crippen molar-refractivity contribution in [2.75, 3.05) is 0 Å². The van der Waals surface area contributed by atoms with Crippen molar-refractivity contribution in [2.24, 2.45) is 11.0 Å². The lowest BCUT2D eigenvalue weighted by molar-refractivity contribution is 0.584. The van der Waals surface area contributed by atoms with Crippen molar-refractivity contribution in [3.63, 3.8) is 0 Å². The normalized spacial score (nSPS) is 22.9. The van der Waals surface area contributed by atoms with E-state index in [0.717, 1.165) is 25.0 Å². The molecule has 0 bridgehead atoms. The van der Waals surface area contributed by atoms with E-state index in [1.807, 2.05) is 0 Å². The summed E-state index contributed by atoms with van der Waals surface area (Å²) in [4.78, 5) is 2.55. The van der Waals surface area contributed by atoms with Crippen molar-refractivity contribution in [3.8, 4) is 0 Å². The highest BCUT2D eigenvalue weighted by molar-refractivity contribution is 7.89. The lowest BCUT2D eigenvalue weighted by Crippen LogP contribution is -2.20. The van der Waals surface area contributed by atoms with Gasteiger partial charge in [-0.2, -0.15) is 13.5 Å². The van der Waals surface area contributed by atoms with Crippen LogP contribution in [0.3, 0.4) is 0 Å². The van der Waals surface area contributed by atoms with E-state index in [1.165, 1.54) is 0 Å². The van der Waals surface area contributed by atoms with Gasteiger partial charge < -0.3 is 0 Å². The van der Waals surface area contributed by atoms with Gasteiger partial charge in [0.1, 0.15) is 0 Å². The summed E-state index contributed by atoms with van der Waals surface area (Å²) in [6, 6.07) is 8.28. The predicted octanol–water partition coefficient (Wildman–Crippen LogP) is 2.14. The molecule has 1 aliphatic rings. The molecule has 0 amide bonds. The van der Waals surface area contributed by atoms with E-state index in [9.17, 15) is 8.42 Å². The van der Waals surface area contributed by atoms with Crippen LogP contribution in [0.15, 0.2) is 40.3 Å². The van der Waals surface area contributed by atoms with Crippen LogP contribution < -0.4 is 4.83 Å². The molecule has 4 nitrogen and oxygen atoms in total. The summed E-state index contributed by atoms with van der Waals surface area (Å²) >= 11 is 0. The SMILES string of the molecule is CC1CCC/C1=N\NS(=O)(=O)c1ccccc1. The topological polar surface area (TPSA) is 58.5 Å². The van der Waals surface area contributed by atoms with Crippen LogP contribution in [0.4, 0.5) is 0 Å². The van der Waals surface area contributed by atoms with Gasteiger partial charge in [0.15, 0.2) is 0 Å². The van der Waals surface area contributed by atoms with E-state index in [4.69, 9.17) is 0 Å². The van der Waals surface area contributed by atoms with Crippen molar-refractivity contribution in [1.29, 1.82) is 0 Å². The number of nitrogens with one attached hydrogen (secondary N) is 1. The first-order valence-electron chi connectivity index (χ1n) is 5.73. The Morgan fingerprint density at radius 1 is 1.29 bits per heavy atom. The molecule has 1 saturated carbocycles. The van der Waals surface area contributed by atoms with Gasteiger partial charge in [-0.05, 0) is 37.3 Å². The van der Waals surface area contributed by atoms with Crippen molar-refractivity contribution in [3.05, 3.63) is 30.3 Å². The zero-order valence-electron chi connectivity index (χ0n) is 9.76. The fraction of sp³-hybridized carbons (Fsp3) is 0.417.